The summed E-state index contributed by atoms with van der Waals surface area (Å²) >= 11 is 0. The smallest absolute Gasteiger partial charge is 0.124 e. The summed E-state index contributed by atoms with van der Waals surface area (Å²) in [6, 6.07) is 37.1. The molecule has 0 saturated heterocycles. The Labute approximate surface area is 214 Å². The van der Waals surface area contributed by atoms with Crippen LogP contribution in [-0.2, 0) is 21.1 Å². The number of phenolic OH excluding ortho intramolecular Hbond substituents is 1. The Kier molecular flexibility index (Phi) is 7.35. The Balaban J connectivity index is 0.00000274. The number of phenols is 1. The van der Waals surface area contributed by atoms with Crippen molar-refractivity contribution in [3.05, 3.63) is 127 Å². The van der Waals surface area contributed by atoms with Crippen LogP contribution < -0.4 is 0 Å². The molecule has 0 amide bonds. The standard InChI is InChI=1S/C30H23N2O.Pt/c1-21(22-9-3-2-4-10-22)25-17-18-27(31-20-25)23-11-7-12-24(19-23)28-14-8-15-29(32-28)26-13-5-6-16-30(26)33;/h2-18,20-21,33H,1H3;/q-1;. The van der Waals surface area contributed by atoms with E-state index in [-0.39, 0.29) is 32.7 Å². The third-order valence-corrected chi connectivity index (χ3v) is 5.86. The molecule has 1 unspecified atom stereocenters. The number of hydrogen-bond donors (Lipinski definition) is 1. The van der Waals surface area contributed by atoms with E-state index in [4.69, 9.17) is 9.97 Å². The fourth-order valence-corrected chi connectivity index (χ4v) is 3.95. The van der Waals surface area contributed by atoms with Gasteiger partial charge in [0, 0.05) is 50.1 Å². The summed E-state index contributed by atoms with van der Waals surface area (Å²) < 4.78 is 0. The maximum absolute atomic E-state index is 10.2. The van der Waals surface area contributed by atoms with Crippen molar-refractivity contribution >= 4 is 0 Å². The SMILES string of the molecule is CC(c1ccccc1)c1ccc(-c2[c-]c(-c3cccc(-c4ccccc4O)n3)ccc2)nc1.[Pt]. The molecule has 3 nitrogen and oxygen atoms in total. The molecule has 5 aromatic rings. The molecule has 4 heteroatoms. The molecule has 0 spiro atoms. The number of para-hydroxylation sites is 1. The van der Waals surface area contributed by atoms with Crippen LogP contribution in [0.4, 0.5) is 0 Å². The Morgan fingerprint density at radius 3 is 2.06 bits per heavy atom. The van der Waals surface area contributed by atoms with Gasteiger partial charge in [-0.15, -0.1) is 24.3 Å². The minimum atomic E-state index is 0. The van der Waals surface area contributed by atoms with Crippen molar-refractivity contribution in [3.8, 4) is 39.5 Å². The van der Waals surface area contributed by atoms with Gasteiger partial charge in [0.1, 0.15) is 5.75 Å². The van der Waals surface area contributed by atoms with E-state index in [1.807, 2.05) is 60.8 Å². The second-order valence-corrected chi connectivity index (χ2v) is 8.01. The van der Waals surface area contributed by atoms with Gasteiger partial charge in [0.25, 0.3) is 0 Å². The van der Waals surface area contributed by atoms with Gasteiger partial charge in [-0.25, -0.2) is 0 Å². The summed E-state index contributed by atoms with van der Waals surface area (Å²) in [7, 11) is 0. The maximum atomic E-state index is 10.2. The molecule has 170 valence electrons. The van der Waals surface area contributed by atoms with Crippen LogP contribution in [0.15, 0.2) is 109 Å². The van der Waals surface area contributed by atoms with E-state index >= 15 is 0 Å². The van der Waals surface area contributed by atoms with Crippen LogP contribution in [0.5, 0.6) is 5.75 Å². The van der Waals surface area contributed by atoms with E-state index in [1.54, 1.807) is 12.1 Å². The summed E-state index contributed by atoms with van der Waals surface area (Å²) in [6.45, 7) is 2.20. The number of hydrogen-bond acceptors (Lipinski definition) is 3. The normalized spacial score (nSPS) is 11.4. The summed E-state index contributed by atoms with van der Waals surface area (Å²) in [5, 5.41) is 10.2. The monoisotopic (exact) mass is 622 g/mol. The molecule has 0 bridgehead atoms. The molecule has 3 aromatic carbocycles. The topological polar surface area (TPSA) is 46.0 Å². The van der Waals surface area contributed by atoms with Crippen LogP contribution in [0.3, 0.4) is 0 Å². The quantitative estimate of drug-likeness (QED) is 0.212. The van der Waals surface area contributed by atoms with E-state index in [0.717, 1.165) is 28.2 Å². The first kappa shape index (κ1) is 23.6. The molecule has 1 N–H and O–H groups in total. The molecular weight excluding hydrogens is 599 g/mol. The van der Waals surface area contributed by atoms with Crippen LogP contribution in [0.2, 0.25) is 0 Å². The molecule has 2 heterocycles. The fraction of sp³-hybridized carbons (Fsp3) is 0.0667. The van der Waals surface area contributed by atoms with Crippen molar-refractivity contribution in [3.63, 3.8) is 0 Å². The van der Waals surface area contributed by atoms with Gasteiger partial charge in [0.05, 0.1) is 5.69 Å². The van der Waals surface area contributed by atoms with Gasteiger partial charge in [-0.3, -0.25) is 9.97 Å². The van der Waals surface area contributed by atoms with Crippen molar-refractivity contribution < 1.29 is 26.2 Å². The average molecular weight is 623 g/mol. The fourth-order valence-electron chi connectivity index (χ4n) is 3.95. The zero-order valence-corrected chi connectivity index (χ0v) is 20.9. The first-order valence-electron chi connectivity index (χ1n) is 11.0. The first-order valence-corrected chi connectivity index (χ1v) is 11.0. The van der Waals surface area contributed by atoms with Gasteiger partial charge >= 0.3 is 0 Å². The largest absolute Gasteiger partial charge is 0.507 e. The van der Waals surface area contributed by atoms with Crippen LogP contribution in [-0.4, -0.2) is 15.1 Å². The van der Waals surface area contributed by atoms with Gasteiger partial charge in [-0.1, -0.05) is 84.8 Å². The molecule has 1 atom stereocenters. The number of nitrogens with zero attached hydrogens (tertiary/aromatic N) is 2. The zero-order valence-electron chi connectivity index (χ0n) is 18.6. The maximum Gasteiger partial charge on any atom is 0.124 e. The van der Waals surface area contributed by atoms with Crippen molar-refractivity contribution in [2.75, 3.05) is 0 Å². The summed E-state index contributed by atoms with van der Waals surface area (Å²) in [4.78, 5) is 9.49. The molecule has 5 rings (SSSR count). The number of pyridine rings is 2. The molecule has 0 fully saturated rings. The van der Waals surface area contributed by atoms with Crippen LogP contribution in [0.25, 0.3) is 33.8 Å². The molecule has 0 aliphatic rings. The predicted octanol–water partition coefficient (Wildman–Crippen LogP) is 7.13. The molecule has 0 aliphatic carbocycles. The summed E-state index contributed by atoms with van der Waals surface area (Å²) in [5.74, 6) is 0.498. The van der Waals surface area contributed by atoms with Crippen LogP contribution in [0, 0.1) is 6.07 Å². The zero-order chi connectivity index (χ0) is 22.6. The number of benzene rings is 3. The predicted molar refractivity (Wildman–Crippen MR) is 133 cm³/mol. The van der Waals surface area contributed by atoms with Gasteiger partial charge in [0.2, 0.25) is 0 Å². The average Bonchev–Trinajstić information content (AvgIpc) is 2.89. The van der Waals surface area contributed by atoms with Gasteiger partial charge < -0.3 is 5.11 Å². The van der Waals surface area contributed by atoms with Crippen molar-refractivity contribution in [2.45, 2.75) is 12.8 Å². The molecule has 0 saturated carbocycles. The number of rotatable bonds is 5. The van der Waals surface area contributed by atoms with E-state index in [0.29, 0.717) is 5.56 Å². The van der Waals surface area contributed by atoms with E-state index in [2.05, 4.69) is 49.4 Å². The second kappa shape index (κ2) is 10.6. The minimum Gasteiger partial charge on any atom is -0.507 e. The molecule has 0 radical (unpaired) electrons. The Morgan fingerprint density at radius 2 is 1.32 bits per heavy atom. The molecule has 2 aromatic heterocycles. The van der Waals surface area contributed by atoms with E-state index < -0.39 is 0 Å². The van der Waals surface area contributed by atoms with Gasteiger partial charge in [0.15, 0.2) is 0 Å². The van der Waals surface area contributed by atoms with Crippen LogP contribution in [0.1, 0.15) is 24.0 Å². The second-order valence-electron chi connectivity index (χ2n) is 8.01. The Hall–Kier alpha value is -3.55. The Bertz CT molecular complexity index is 1380. The van der Waals surface area contributed by atoms with Crippen molar-refractivity contribution in [1.82, 2.24) is 9.97 Å². The van der Waals surface area contributed by atoms with E-state index in [1.165, 1.54) is 11.1 Å². The third kappa shape index (κ3) is 5.00. The number of aromatic hydroxyl groups is 1. The van der Waals surface area contributed by atoms with Gasteiger partial charge in [-0.05, 0) is 29.3 Å². The first-order chi connectivity index (χ1) is 16.2. The summed E-state index contributed by atoms with van der Waals surface area (Å²) in [5.41, 5.74) is 7.36. The molecule has 34 heavy (non-hydrogen) atoms. The third-order valence-electron chi connectivity index (χ3n) is 5.86. The number of aromatic nitrogens is 2. The minimum absolute atomic E-state index is 0. The van der Waals surface area contributed by atoms with Crippen LogP contribution >= 0.6 is 0 Å². The molecular formula is C30H23N2OPt-. The Morgan fingerprint density at radius 1 is 0.647 bits per heavy atom. The van der Waals surface area contributed by atoms with Crippen molar-refractivity contribution in [1.29, 1.82) is 0 Å². The van der Waals surface area contributed by atoms with Crippen molar-refractivity contribution in [2.24, 2.45) is 0 Å². The molecule has 0 aliphatic heterocycles. The summed E-state index contributed by atoms with van der Waals surface area (Å²) in [6.07, 6.45) is 1.95. The van der Waals surface area contributed by atoms with Gasteiger partial charge in [-0.2, -0.15) is 0 Å². The van der Waals surface area contributed by atoms with E-state index in [9.17, 15) is 5.11 Å².